The normalized spacial score (nSPS) is 22.7. The van der Waals surface area contributed by atoms with Gasteiger partial charge in [-0.3, -0.25) is 5.26 Å². The highest BCUT2D eigenvalue weighted by atomic mass is 17.1. The summed E-state index contributed by atoms with van der Waals surface area (Å²) >= 11 is 0. The summed E-state index contributed by atoms with van der Waals surface area (Å²) in [6, 6.07) is 7.95. The number of rotatable bonds is 9. The maximum absolute atomic E-state index is 9.41. The van der Waals surface area contributed by atoms with E-state index in [0.29, 0.717) is 12.5 Å². The number of benzene rings is 1. The Bertz CT molecular complexity index is 421. The number of hydrogen-bond donors (Lipinski definition) is 1. The molecule has 3 heteroatoms. The molecule has 0 saturated heterocycles. The zero-order chi connectivity index (χ0) is 16.5. The third kappa shape index (κ3) is 5.50. The fourth-order valence-corrected chi connectivity index (χ4v) is 3.80. The molecule has 0 heterocycles. The van der Waals surface area contributed by atoms with E-state index in [1.807, 2.05) is 31.2 Å². The Hall–Kier alpha value is -1.06. The van der Waals surface area contributed by atoms with E-state index in [4.69, 9.17) is 9.62 Å². The first-order chi connectivity index (χ1) is 11.3. The van der Waals surface area contributed by atoms with E-state index in [-0.39, 0.29) is 6.10 Å². The SMILES string of the molecule is CCCCCC1CCC(C(OO)c2ccc(OCC)cc2)CC1. The summed E-state index contributed by atoms with van der Waals surface area (Å²) in [5, 5.41) is 9.41. The molecule has 1 aliphatic rings. The van der Waals surface area contributed by atoms with Gasteiger partial charge in [0.1, 0.15) is 11.9 Å². The fraction of sp³-hybridized carbons (Fsp3) is 0.700. The summed E-state index contributed by atoms with van der Waals surface area (Å²) in [7, 11) is 0. The minimum Gasteiger partial charge on any atom is -0.494 e. The van der Waals surface area contributed by atoms with Crippen molar-refractivity contribution in [2.75, 3.05) is 6.61 Å². The van der Waals surface area contributed by atoms with Crippen molar-refractivity contribution in [2.45, 2.75) is 71.3 Å². The summed E-state index contributed by atoms with van der Waals surface area (Å²) in [6.45, 7) is 4.91. The van der Waals surface area contributed by atoms with Gasteiger partial charge in [-0.2, -0.15) is 0 Å². The van der Waals surface area contributed by atoms with Gasteiger partial charge in [-0.15, -0.1) is 0 Å². The molecule has 130 valence electrons. The lowest BCUT2D eigenvalue weighted by atomic mass is 9.76. The van der Waals surface area contributed by atoms with Crippen molar-refractivity contribution in [1.82, 2.24) is 0 Å². The molecular formula is C20H32O3. The molecule has 0 bridgehead atoms. The quantitative estimate of drug-likeness (QED) is 0.344. The van der Waals surface area contributed by atoms with E-state index in [1.165, 1.54) is 38.5 Å². The third-order valence-electron chi connectivity index (χ3n) is 5.17. The Morgan fingerprint density at radius 3 is 2.30 bits per heavy atom. The molecule has 3 nitrogen and oxygen atoms in total. The third-order valence-corrected chi connectivity index (χ3v) is 5.17. The van der Waals surface area contributed by atoms with Crippen LogP contribution in [0.4, 0.5) is 0 Å². The van der Waals surface area contributed by atoms with Gasteiger partial charge in [0, 0.05) is 0 Å². The second kappa shape index (κ2) is 9.94. The van der Waals surface area contributed by atoms with Crippen LogP contribution in [0.2, 0.25) is 0 Å². The second-order valence-corrected chi connectivity index (χ2v) is 6.80. The van der Waals surface area contributed by atoms with Crippen LogP contribution < -0.4 is 4.74 Å². The van der Waals surface area contributed by atoms with Gasteiger partial charge >= 0.3 is 0 Å². The number of hydrogen-bond acceptors (Lipinski definition) is 3. The molecule has 0 aromatic heterocycles. The Balaban J connectivity index is 1.86. The monoisotopic (exact) mass is 320 g/mol. The number of ether oxygens (including phenoxy) is 1. The highest BCUT2D eigenvalue weighted by Crippen LogP contribution is 2.40. The van der Waals surface area contributed by atoms with Gasteiger partial charge in [0.2, 0.25) is 0 Å². The molecule has 2 rings (SSSR count). The van der Waals surface area contributed by atoms with Gasteiger partial charge < -0.3 is 4.74 Å². The maximum atomic E-state index is 9.41. The van der Waals surface area contributed by atoms with Crippen molar-refractivity contribution in [3.05, 3.63) is 29.8 Å². The first-order valence-electron chi connectivity index (χ1n) is 9.31. The average Bonchev–Trinajstić information content (AvgIpc) is 2.59. The molecule has 0 radical (unpaired) electrons. The molecule has 23 heavy (non-hydrogen) atoms. The molecule has 1 aromatic rings. The summed E-state index contributed by atoms with van der Waals surface area (Å²) in [5.74, 6) is 2.16. The molecule has 1 aromatic carbocycles. The first-order valence-corrected chi connectivity index (χ1v) is 9.31. The van der Waals surface area contributed by atoms with Gasteiger partial charge in [0.25, 0.3) is 0 Å². The lowest BCUT2D eigenvalue weighted by Crippen LogP contribution is -2.22. The van der Waals surface area contributed by atoms with E-state index in [9.17, 15) is 5.26 Å². The molecule has 1 aliphatic carbocycles. The van der Waals surface area contributed by atoms with Gasteiger partial charge in [0.05, 0.1) is 6.61 Å². The predicted octanol–water partition coefficient (Wildman–Crippen LogP) is 6.00. The molecule has 1 atom stereocenters. The van der Waals surface area contributed by atoms with Crippen LogP contribution in [0.1, 0.15) is 76.9 Å². The van der Waals surface area contributed by atoms with Crippen LogP contribution in [0.5, 0.6) is 5.75 Å². The lowest BCUT2D eigenvalue weighted by molar-refractivity contribution is -0.296. The van der Waals surface area contributed by atoms with Crippen LogP contribution in [0.15, 0.2) is 24.3 Å². The average molecular weight is 320 g/mol. The van der Waals surface area contributed by atoms with E-state index >= 15 is 0 Å². The number of unbranched alkanes of at least 4 members (excludes halogenated alkanes) is 2. The molecule has 1 unspecified atom stereocenters. The van der Waals surface area contributed by atoms with Crippen LogP contribution in [0.25, 0.3) is 0 Å². The molecule has 1 saturated carbocycles. The summed E-state index contributed by atoms with van der Waals surface area (Å²) in [4.78, 5) is 4.87. The topological polar surface area (TPSA) is 38.7 Å². The molecule has 0 spiro atoms. The Morgan fingerprint density at radius 1 is 1.04 bits per heavy atom. The lowest BCUT2D eigenvalue weighted by Gasteiger charge is -2.32. The van der Waals surface area contributed by atoms with Gasteiger partial charge in [-0.25, -0.2) is 4.89 Å². The molecule has 0 amide bonds. The van der Waals surface area contributed by atoms with Crippen LogP contribution in [0.3, 0.4) is 0 Å². The van der Waals surface area contributed by atoms with Crippen molar-refractivity contribution in [3.63, 3.8) is 0 Å². The van der Waals surface area contributed by atoms with E-state index in [2.05, 4.69) is 6.92 Å². The zero-order valence-electron chi connectivity index (χ0n) is 14.7. The smallest absolute Gasteiger partial charge is 0.120 e. The van der Waals surface area contributed by atoms with Gasteiger partial charge in [-0.05, 0) is 49.3 Å². The Kier molecular flexibility index (Phi) is 7.90. The molecular weight excluding hydrogens is 288 g/mol. The predicted molar refractivity (Wildman–Crippen MR) is 93.7 cm³/mol. The van der Waals surface area contributed by atoms with Crippen LogP contribution in [-0.4, -0.2) is 11.9 Å². The minimum atomic E-state index is -0.206. The van der Waals surface area contributed by atoms with Crippen molar-refractivity contribution >= 4 is 0 Å². The molecule has 0 aliphatic heterocycles. The van der Waals surface area contributed by atoms with E-state index in [1.54, 1.807) is 0 Å². The van der Waals surface area contributed by atoms with Crippen LogP contribution >= 0.6 is 0 Å². The Morgan fingerprint density at radius 2 is 1.74 bits per heavy atom. The minimum absolute atomic E-state index is 0.206. The van der Waals surface area contributed by atoms with Crippen molar-refractivity contribution < 1.29 is 14.9 Å². The largest absolute Gasteiger partial charge is 0.494 e. The summed E-state index contributed by atoms with van der Waals surface area (Å²) in [6.07, 6.45) is 10.0. The maximum Gasteiger partial charge on any atom is 0.120 e. The van der Waals surface area contributed by atoms with Crippen molar-refractivity contribution in [3.8, 4) is 5.75 Å². The fourth-order valence-electron chi connectivity index (χ4n) is 3.80. The highest BCUT2D eigenvalue weighted by molar-refractivity contribution is 5.29. The van der Waals surface area contributed by atoms with E-state index in [0.717, 1.165) is 30.1 Å². The zero-order valence-corrected chi connectivity index (χ0v) is 14.7. The highest BCUT2D eigenvalue weighted by Gasteiger charge is 2.29. The molecule has 1 fully saturated rings. The van der Waals surface area contributed by atoms with Gasteiger partial charge in [-0.1, -0.05) is 57.6 Å². The summed E-state index contributed by atoms with van der Waals surface area (Å²) in [5.41, 5.74) is 1.05. The first kappa shape index (κ1) is 18.3. The summed E-state index contributed by atoms with van der Waals surface area (Å²) < 4.78 is 5.48. The van der Waals surface area contributed by atoms with Crippen molar-refractivity contribution in [2.24, 2.45) is 11.8 Å². The van der Waals surface area contributed by atoms with Gasteiger partial charge in [0.15, 0.2) is 0 Å². The van der Waals surface area contributed by atoms with E-state index < -0.39 is 0 Å². The van der Waals surface area contributed by atoms with Crippen LogP contribution in [-0.2, 0) is 4.89 Å². The Labute approximate surface area is 140 Å². The van der Waals surface area contributed by atoms with Crippen molar-refractivity contribution in [1.29, 1.82) is 0 Å². The second-order valence-electron chi connectivity index (χ2n) is 6.80. The molecule has 1 N–H and O–H groups in total. The standard InChI is InChI=1S/C20H32O3/c1-3-5-6-7-16-8-10-17(11-9-16)20(23-21)18-12-14-19(15-13-18)22-4-2/h12-17,20-21H,3-11H2,1-2H3. The van der Waals surface area contributed by atoms with Crippen LogP contribution in [0, 0.1) is 11.8 Å².